The number of aromatic hydroxyl groups is 1. The first kappa shape index (κ1) is 28.8. The van der Waals surface area contributed by atoms with E-state index in [1.54, 1.807) is 13.0 Å². The van der Waals surface area contributed by atoms with Crippen molar-refractivity contribution >= 4 is 18.0 Å². The van der Waals surface area contributed by atoms with Gasteiger partial charge in [-0.2, -0.15) is 0 Å². The van der Waals surface area contributed by atoms with Gasteiger partial charge < -0.3 is 54.3 Å². The van der Waals surface area contributed by atoms with Crippen molar-refractivity contribution in [2.24, 2.45) is 17.8 Å². The molecule has 214 valence electrons. The van der Waals surface area contributed by atoms with Crippen LogP contribution < -0.4 is 4.74 Å². The van der Waals surface area contributed by atoms with E-state index in [4.69, 9.17) is 23.7 Å². The van der Waals surface area contributed by atoms with Gasteiger partial charge in [-0.15, -0.1) is 0 Å². The number of esters is 1. The van der Waals surface area contributed by atoms with Crippen LogP contribution in [0.15, 0.2) is 36.1 Å². The molecule has 1 saturated carbocycles. The van der Waals surface area contributed by atoms with Crippen LogP contribution in [0.3, 0.4) is 0 Å². The van der Waals surface area contributed by atoms with Crippen molar-refractivity contribution in [2.75, 3.05) is 13.7 Å². The molecule has 1 aromatic carbocycles. The average Bonchev–Trinajstić information content (AvgIpc) is 3.24. The molecule has 1 aromatic rings. The van der Waals surface area contributed by atoms with Gasteiger partial charge in [0.15, 0.2) is 17.8 Å². The number of carboxylic acids is 1. The van der Waals surface area contributed by atoms with Gasteiger partial charge in [-0.05, 0) is 30.2 Å². The molecule has 1 saturated heterocycles. The van der Waals surface area contributed by atoms with Crippen LogP contribution in [0.25, 0.3) is 6.08 Å². The van der Waals surface area contributed by atoms with Gasteiger partial charge in [0.2, 0.25) is 6.29 Å². The largest absolute Gasteiger partial charge is 0.504 e. The van der Waals surface area contributed by atoms with Crippen LogP contribution in [0.4, 0.5) is 0 Å². The first-order valence-corrected chi connectivity index (χ1v) is 12.4. The fourth-order valence-electron chi connectivity index (χ4n) is 5.28. The summed E-state index contributed by atoms with van der Waals surface area (Å²) in [6, 6.07) is 4.54. The fourth-order valence-corrected chi connectivity index (χ4v) is 5.28. The molecule has 13 heteroatoms. The van der Waals surface area contributed by atoms with Crippen LogP contribution >= 0.6 is 0 Å². The molecule has 0 amide bonds. The Bertz CT molecular complexity index is 1120. The number of fused-ring (bicyclic) bond motifs is 1. The molecular weight excluding hydrogens is 520 g/mol. The van der Waals surface area contributed by atoms with Crippen LogP contribution in [-0.4, -0.2) is 99.4 Å². The molecule has 0 unspecified atom stereocenters. The highest BCUT2D eigenvalue weighted by Crippen LogP contribution is 2.48. The van der Waals surface area contributed by atoms with Gasteiger partial charge in [-0.1, -0.05) is 13.0 Å². The van der Waals surface area contributed by atoms with Crippen LogP contribution in [0.1, 0.15) is 18.9 Å². The number of benzene rings is 1. The second-order valence-electron chi connectivity index (χ2n) is 9.73. The van der Waals surface area contributed by atoms with E-state index in [0.717, 1.165) is 6.26 Å². The zero-order chi connectivity index (χ0) is 28.4. The molecule has 0 spiro atoms. The van der Waals surface area contributed by atoms with E-state index in [2.05, 4.69) is 0 Å². The first-order chi connectivity index (χ1) is 18.5. The van der Waals surface area contributed by atoms with Gasteiger partial charge in [0, 0.05) is 23.8 Å². The SMILES string of the molecule is COc1cc(/C=C/C(=O)O[C@@H]2C[C@H]3C(C(=O)O)=CO[C@H](O[C@H]4O[C@@H](CO)[C@H](O)[C@@H](O)[C@@H]4O)[C@H]3[C@@H]2C)ccc1O. The smallest absolute Gasteiger partial charge is 0.334 e. The van der Waals surface area contributed by atoms with E-state index in [1.807, 2.05) is 0 Å². The number of rotatable bonds is 8. The van der Waals surface area contributed by atoms with Crippen molar-refractivity contribution < 1.29 is 63.9 Å². The van der Waals surface area contributed by atoms with Crippen LogP contribution in [0, 0.1) is 17.8 Å². The number of hydrogen-bond acceptors (Lipinski definition) is 12. The van der Waals surface area contributed by atoms with Crippen LogP contribution in [0.5, 0.6) is 11.5 Å². The van der Waals surface area contributed by atoms with E-state index < -0.39 is 79.4 Å². The fraction of sp³-hybridized carbons (Fsp3) is 0.538. The number of hydrogen-bond donors (Lipinski definition) is 6. The van der Waals surface area contributed by atoms with Crippen molar-refractivity contribution in [3.63, 3.8) is 0 Å². The van der Waals surface area contributed by atoms with Gasteiger partial charge in [0.05, 0.1) is 25.6 Å². The number of carbonyl (C=O) groups is 2. The van der Waals surface area contributed by atoms with E-state index in [9.17, 15) is 40.2 Å². The quantitative estimate of drug-likeness (QED) is 0.182. The van der Waals surface area contributed by atoms with Gasteiger partial charge in [-0.25, -0.2) is 9.59 Å². The molecule has 4 rings (SSSR count). The Hall–Kier alpha value is -3.20. The molecule has 2 heterocycles. The Morgan fingerprint density at radius 3 is 2.54 bits per heavy atom. The van der Waals surface area contributed by atoms with Crippen LogP contribution in [0.2, 0.25) is 0 Å². The Morgan fingerprint density at radius 2 is 1.87 bits per heavy atom. The normalized spacial score (nSPS) is 36.1. The Kier molecular flexibility index (Phi) is 8.79. The summed E-state index contributed by atoms with van der Waals surface area (Å²) in [6.07, 6.45) is -5.60. The van der Waals surface area contributed by atoms with Gasteiger partial charge in [0.25, 0.3) is 0 Å². The highest BCUT2D eigenvalue weighted by Gasteiger charge is 2.54. The standard InChI is InChI=1S/C26H32O13/c1-11-16(37-19(29)6-4-12-3-5-15(28)17(7-12)35-2)8-13-14(24(33)34)10-36-25(20(11)13)39-26-23(32)22(31)21(30)18(9-27)38-26/h3-7,10-11,13,16,18,20-23,25-28,30-32H,8-9H2,1-2H3,(H,33,34)/b6-4+/t11-,13+,16-,18+,20+,21+,22-,23+,25-,26-/m1/s1. The summed E-state index contributed by atoms with van der Waals surface area (Å²) in [7, 11) is 1.40. The predicted octanol–water partition coefficient (Wildman–Crippen LogP) is -0.261. The van der Waals surface area contributed by atoms with E-state index in [0.29, 0.717) is 5.56 Å². The summed E-state index contributed by atoms with van der Waals surface area (Å²) in [6.45, 7) is 1.10. The maximum absolute atomic E-state index is 12.6. The number of aliphatic hydroxyl groups is 4. The van der Waals surface area contributed by atoms with E-state index in [1.165, 1.54) is 31.4 Å². The maximum Gasteiger partial charge on any atom is 0.334 e. The molecule has 3 aliphatic rings. The minimum absolute atomic E-state index is 0.0363. The summed E-state index contributed by atoms with van der Waals surface area (Å²) < 4.78 is 27.5. The van der Waals surface area contributed by atoms with Crippen molar-refractivity contribution in [3.8, 4) is 11.5 Å². The maximum atomic E-state index is 12.6. The summed E-state index contributed by atoms with van der Waals surface area (Å²) in [5, 5.41) is 59.3. The van der Waals surface area contributed by atoms with Crippen molar-refractivity contribution in [3.05, 3.63) is 41.7 Å². The number of methoxy groups -OCH3 is 1. The zero-order valence-corrected chi connectivity index (χ0v) is 21.2. The minimum atomic E-state index is -1.68. The Labute approximate surface area is 223 Å². The number of aliphatic hydroxyl groups excluding tert-OH is 4. The molecule has 2 fully saturated rings. The molecule has 0 radical (unpaired) electrons. The molecule has 0 aromatic heterocycles. The number of carboxylic acid groups (broad SMARTS) is 1. The lowest BCUT2D eigenvalue weighted by atomic mass is 9.83. The molecule has 2 aliphatic heterocycles. The highest BCUT2D eigenvalue weighted by atomic mass is 16.8. The van der Waals surface area contributed by atoms with Crippen molar-refractivity contribution in [2.45, 2.75) is 56.4 Å². The summed E-state index contributed by atoms with van der Waals surface area (Å²) in [4.78, 5) is 24.5. The first-order valence-electron chi connectivity index (χ1n) is 12.4. The number of carbonyl (C=O) groups excluding carboxylic acids is 1. The molecule has 39 heavy (non-hydrogen) atoms. The monoisotopic (exact) mass is 552 g/mol. The molecule has 10 atom stereocenters. The second kappa shape index (κ2) is 11.9. The van der Waals surface area contributed by atoms with Gasteiger partial charge in [-0.3, -0.25) is 0 Å². The second-order valence-corrected chi connectivity index (χ2v) is 9.73. The van der Waals surface area contributed by atoms with Gasteiger partial charge >= 0.3 is 11.9 Å². The molecule has 0 bridgehead atoms. The van der Waals surface area contributed by atoms with Crippen molar-refractivity contribution in [1.82, 2.24) is 0 Å². The molecular formula is C26H32O13. The molecule has 1 aliphatic carbocycles. The summed E-state index contributed by atoms with van der Waals surface area (Å²) >= 11 is 0. The number of phenolic OH excluding ortho intramolecular Hbond substituents is 1. The van der Waals surface area contributed by atoms with Crippen LogP contribution in [-0.2, 0) is 28.5 Å². The number of aliphatic carboxylic acids is 1. The Morgan fingerprint density at radius 1 is 1.13 bits per heavy atom. The lowest BCUT2D eigenvalue weighted by molar-refractivity contribution is -0.342. The summed E-state index contributed by atoms with van der Waals surface area (Å²) in [5.74, 6) is -3.44. The van der Waals surface area contributed by atoms with Gasteiger partial charge in [0.1, 0.15) is 30.5 Å². The zero-order valence-electron chi connectivity index (χ0n) is 21.2. The lowest BCUT2D eigenvalue weighted by Crippen LogP contribution is -2.60. The number of phenols is 1. The van der Waals surface area contributed by atoms with E-state index in [-0.39, 0.29) is 23.5 Å². The predicted molar refractivity (Wildman–Crippen MR) is 130 cm³/mol. The Balaban J connectivity index is 1.48. The van der Waals surface area contributed by atoms with Crippen molar-refractivity contribution in [1.29, 1.82) is 0 Å². The average molecular weight is 553 g/mol. The molecule has 6 N–H and O–H groups in total. The third kappa shape index (κ3) is 5.88. The molecule has 13 nitrogen and oxygen atoms in total. The third-order valence-corrected chi connectivity index (χ3v) is 7.43. The topological polar surface area (TPSA) is 202 Å². The lowest BCUT2D eigenvalue weighted by Gasteiger charge is -2.43. The third-order valence-electron chi connectivity index (χ3n) is 7.43. The highest BCUT2D eigenvalue weighted by molar-refractivity contribution is 5.88. The summed E-state index contributed by atoms with van der Waals surface area (Å²) in [5.41, 5.74) is 0.540. The van der Waals surface area contributed by atoms with E-state index >= 15 is 0 Å². The number of ether oxygens (including phenoxy) is 5. The minimum Gasteiger partial charge on any atom is -0.504 e.